The molecule has 0 amide bonds. The van der Waals surface area contributed by atoms with Crippen molar-refractivity contribution in [2.24, 2.45) is 0 Å². The second-order valence-corrected chi connectivity index (χ2v) is 2.20. The molecule has 9 heavy (non-hydrogen) atoms. The molecule has 0 radical (unpaired) electrons. The van der Waals surface area contributed by atoms with Crippen molar-refractivity contribution in [1.29, 1.82) is 0 Å². The molecule has 0 saturated heterocycles. The van der Waals surface area contributed by atoms with Crippen molar-refractivity contribution in [3.63, 3.8) is 0 Å². The Morgan fingerprint density at radius 3 is 2.67 bits per heavy atom. The van der Waals surface area contributed by atoms with Crippen LogP contribution in [0, 0.1) is 12.3 Å². The van der Waals surface area contributed by atoms with Gasteiger partial charge in [0, 0.05) is 6.42 Å². The van der Waals surface area contributed by atoms with Crippen molar-refractivity contribution in [3.05, 3.63) is 0 Å². The van der Waals surface area contributed by atoms with Crippen LogP contribution in [0.1, 0.15) is 19.8 Å². The van der Waals surface area contributed by atoms with E-state index >= 15 is 0 Å². The predicted molar refractivity (Wildman–Crippen MR) is 41.2 cm³/mol. The molecule has 0 atom stereocenters. The summed E-state index contributed by atoms with van der Waals surface area (Å²) in [4.78, 5) is 2.26. The molecule has 0 fully saturated rings. The zero-order valence-electron chi connectivity index (χ0n) is 6.35. The summed E-state index contributed by atoms with van der Waals surface area (Å²) >= 11 is 0. The number of hydrogen-bond donors (Lipinski definition) is 0. The van der Waals surface area contributed by atoms with Crippen LogP contribution in [0.25, 0.3) is 0 Å². The van der Waals surface area contributed by atoms with Gasteiger partial charge in [0.25, 0.3) is 0 Å². The Hall–Kier alpha value is -0.480. The summed E-state index contributed by atoms with van der Waals surface area (Å²) < 4.78 is 0. The fourth-order valence-corrected chi connectivity index (χ4v) is 0.609. The van der Waals surface area contributed by atoms with Crippen LogP contribution in [0.15, 0.2) is 0 Å². The third kappa shape index (κ3) is 5.39. The van der Waals surface area contributed by atoms with E-state index in [4.69, 9.17) is 6.42 Å². The van der Waals surface area contributed by atoms with Gasteiger partial charge >= 0.3 is 0 Å². The average molecular weight is 125 g/mol. The fraction of sp³-hybridized carbons (Fsp3) is 0.750. The molecule has 52 valence electrons. The molecule has 0 aromatic rings. The highest BCUT2D eigenvalue weighted by Gasteiger charge is 1.90. The quantitative estimate of drug-likeness (QED) is 0.405. The Bertz CT molecular complexity index is 91.2. The summed E-state index contributed by atoms with van der Waals surface area (Å²) in [5.41, 5.74) is 0. The molecule has 0 aliphatic rings. The van der Waals surface area contributed by atoms with E-state index in [1.807, 2.05) is 0 Å². The number of rotatable bonds is 4. The third-order valence-corrected chi connectivity index (χ3v) is 1.40. The topological polar surface area (TPSA) is 3.24 Å². The number of unbranched alkanes of at least 4 members (excludes halogenated alkanes) is 1. The van der Waals surface area contributed by atoms with Crippen molar-refractivity contribution < 1.29 is 0 Å². The molecule has 0 saturated carbocycles. The molecule has 0 spiro atoms. The van der Waals surface area contributed by atoms with E-state index in [1.54, 1.807) is 0 Å². The van der Waals surface area contributed by atoms with Gasteiger partial charge in [-0.15, -0.1) is 12.3 Å². The molecule has 1 nitrogen and oxygen atoms in total. The summed E-state index contributed by atoms with van der Waals surface area (Å²) in [6, 6.07) is 0. The summed E-state index contributed by atoms with van der Waals surface area (Å²) in [6.07, 6.45) is 7.12. The van der Waals surface area contributed by atoms with Gasteiger partial charge in [-0.25, -0.2) is 0 Å². The van der Waals surface area contributed by atoms with E-state index in [0.717, 1.165) is 25.9 Å². The smallest absolute Gasteiger partial charge is 0.00982 e. The summed E-state index contributed by atoms with van der Waals surface area (Å²) in [5.74, 6) is 2.62. The highest BCUT2D eigenvalue weighted by molar-refractivity contribution is 4.83. The Morgan fingerprint density at radius 2 is 2.22 bits per heavy atom. The zero-order valence-corrected chi connectivity index (χ0v) is 6.35. The van der Waals surface area contributed by atoms with E-state index in [2.05, 4.69) is 24.8 Å². The lowest BCUT2D eigenvalue weighted by Gasteiger charge is -2.11. The van der Waals surface area contributed by atoms with Crippen molar-refractivity contribution in [3.8, 4) is 12.3 Å². The molecule has 0 rings (SSSR count). The standard InChI is InChI=1S/C8H15N/c1-4-6-7-8-9(3)5-2/h1H,5-8H2,2-3H3. The largest absolute Gasteiger partial charge is 0.307 e. The second kappa shape index (κ2) is 5.65. The lowest BCUT2D eigenvalue weighted by molar-refractivity contribution is 0.349. The summed E-state index contributed by atoms with van der Waals surface area (Å²) in [6.45, 7) is 4.39. The van der Waals surface area contributed by atoms with Crippen LogP contribution in [0.3, 0.4) is 0 Å². The molecule has 0 aliphatic heterocycles. The van der Waals surface area contributed by atoms with Gasteiger partial charge in [-0.1, -0.05) is 6.92 Å². The van der Waals surface area contributed by atoms with E-state index in [9.17, 15) is 0 Å². The van der Waals surface area contributed by atoms with Crippen LogP contribution < -0.4 is 0 Å². The Labute approximate surface area is 58.1 Å². The van der Waals surface area contributed by atoms with Crippen LogP contribution >= 0.6 is 0 Å². The number of hydrogen-bond acceptors (Lipinski definition) is 1. The van der Waals surface area contributed by atoms with Gasteiger partial charge in [-0.2, -0.15) is 0 Å². The highest BCUT2D eigenvalue weighted by Crippen LogP contribution is 1.89. The van der Waals surface area contributed by atoms with Gasteiger partial charge < -0.3 is 4.90 Å². The highest BCUT2D eigenvalue weighted by atomic mass is 15.1. The fourth-order valence-electron chi connectivity index (χ4n) is 0.609. The first kappa shape index (κ1) is 8.52. The number of nitrogens with zero attached hydrogens (tertiary/aromatic N) is 1. The maximum atomic E-state index is 5.09. The minimum Gasteiger partial charge on any atom is -0.307 e. The lowest BCUT2D eigenvalue weighted by atomic mass is 10.3. The normalized spacial score (nSPS) is 9.56. The first-order valence-electron chi connectivity index (χ1n) is 3.43. The van der Waals surface area contributed by atoms with Crippen LogP contribution in [-0.2, 0) is 0 Å². The maximum Gasteiger partial charge on any atom is 0.00982 e. The first-order chi connectivity index (χ1) is 4.31. The summed E-state index contributed by atoms with van der Waals surface area (Å²) in [5, 5.41) is 0. The molecular formula is C8H15N. The van der Waals surface area contributed by atoms with Crippen LogP contribution in [0.2, 0.25) is 0 Å². The van der Waals surface area contributed by atoms with Crippen molar-refractivity contribution in [1.82, 2.24) is 4.90 Å². The van der Waals surface area contributed by atoms with Gasteiger partial charge in [0.05, 0.1) is 0 Å². The van der Waals surface area contributed by atoms with E-state index in [1.165, 1.54) is 0 Å². The lowest BCUT2D eigenvalue weighted by Crippen LogP contribution is -2.18. The van der Waals surface area contributed by atoms with Gasteiger partial charge in [0.1, 0.15) is 0 Å². The Balaban J connectivity index is 2.99. The van der Waals surface area contributed by atoms with E-state index in [0.29, 0.717) is 0 Å². The van der Waals surface area contributed by atoms with Crippen LogP contribution in [0.4, 0.5) is 0 Å². The molecule has 0 N–H and O–H groups in total. The van der Waals surface area contributed by atoms with Crippen molar-refractivity contribution >= 4 is 0 Å². The summed E-state index contributed by atoms with van der Waals surface area (Å²) in [7, 11) is 2.11. The number of terminal acetylenes is 1. The van der Waals surface area contributed by atoms with Crippen LogP contribution in [-0.4, -0.2) is 25.0 Å². The maximum absolute atomic E-state index is 5.09. The average Bonchev–Trinajstić information content (AvgIpc) is 1.89. The van der Waals surface area contributed by atoms with Crippen LogP contribution in [0.5, 0.6) is 0 Å². The van der Waals surface area contributed by atoms with Crippen molar-refractivity contribution in [2.45, 2.75) is 19.8 Å². The Morgan fingerprint density at radius 1 is 1.56 bits per heavy atom. The zero-order chi connectivity index (χ0) is 7.11. The molecule has 0 heterocycles. The molecular weight excluding hydrogens is 110 g/mol. The Kier molecular flexibility index (Phi) is 5.35. The van der Waals surface area contributed by atoms with Gasteiger partial charge in [-0.05, 0) is 26.6 Å². The van der Waals surface area contributed by atoms with Gasteiger partial charge in [0.15, 0.2) is 0 Å². The van der Waals surface area contributed by atoms with Gasteiger partial charge in [-0.3, -0.25) is 0 Å². The minimum atomic E-state index is 0.907. The predicted octanol–water partition coefficient (Wildman–Crippen LogP) is 1.35. The molecule has 0 bridgehead atoms. The van der Waals surface area contributed by atoms with E-state index in [-0.39, 0.29) is 0 Å². The monoisotopic (exact) mass is 125 g/mol. The van der Waals surface area contributed by atoms with Gasteiger partial charge in [0.2, 0.25) is 0 Å². The second-order valence-electron chi connectivity index (χ2n) is 2.20. The first-order valence-corrected chi connectivity index (χ1v) is 3.43. The molecule has 0 unspecified atom stereocenters. The molecule has 1 heteroatoms. The molecule has 0 aliphatic carbocycles. The minimum absolute atomic E-state index is 0.907. The van der Waals surface area contributed by atoms with Crippen molar-refractivity contribution in [2.75, 3.05) is 20.1 Å². The third-order valence-electron chi connectivity index (χ3n) is 1.40. The molecule has 0 aromatic carbocycles. The SMILES string of the molecule is C#CCCCN(C)CC. The molecule has 0 aromatic heterocycles. The van der Waals surface area contributed by atoms with E-state index < -0.39 is 0 Å².